The second-order valence-electron chi connectivity index (χ2n) is 1.64. The Morgan fingerprint density at radius 1 is 0.538 bits per heavy atom. The van der Waals surface area contributed by atoms with E-state index >= 15 is 0 Å². The molecule has 0 radical (unpaired) electrons. The van der Waals surface area contributed by atoms with E-state index in [1.807, 2.05) is 0 Å². The highest BCUT2D eigenvalue weighted by Gasteiger charge is 2.30. The molecule has 0 fully saturated rings. The third-order valence-electron chi connectivity index (χ3n) is 0.646. The van der Waals surface area contributed by atoms with Crippen LogP contribution < -0.4 is 0 Å². The SMILES string of the molecule is C.ClP1(Cl)=NP(Cl)(Cl)=NP(Cl)(Cl)=N1. The van der Waals surface area contributed by atoms with Crippen LogP contribution in [0.1, 0.15) is 7.43 Å². The molecule has 1 heterocycles. The highest BCUT2D eigenvalue weighted by atomic mass is 35.9. The molecule has 3 nitrogen and oxygen atoms in total. The first-order chi connectivity index (χ1) is 5.12. The molecule has 0 aromatic heterocycles. The molecule has 0 spiro atoms. The summed E-state index contributed by atoms with van der Waals surface area (Å²) >= 11 is 33.9. The molecule has 1 rings (SSSR count). The predicted octanol–water partition coefficient (Wildman–Crippen LogP) is 7.91. The van der Waals surface area contributed by atoms with Crippen molar-refractivity contribution in [2.24, 2.45) is 13.5 Å². The molecule has 0 saturated carbocycles. The molecule has 80 valence electrons. The first-order valence-electron chi connectivity index (χ1n) is 2.21. The summed E-state index contributed by atoms with van der Waals surface area (Å²) in [7, 11) is 0. The highest BCUT2D eigenvalue weighted by molar-refractivity contribution is 8.26. The van der Waals surface area contributed by atoms with Gasteiger partial charge in [-0.05, 0) is 67.4 Å². The minimum atomic E-state index is -2.91. The van der Waals surface area contributed by atoms with Gasteiger partial charge in [-0.3, -0.25) is 0 Å². The maximum atomic E-state index is 5.64. The van der Waals surface area contributed by atoms with Crippen molar-refractivity contribution < 1.29 is 0 Å². The Labute approximate surface area is 105 Å². The molecule has 0 aliphatic carbocycles. The van der Waals surface area contributed by atoms with Crippen molar-refractivity contribution in [2.75, 3.05) is 0 Å². The Hall–Kier alpha value is 2.43. The van der Waals surface area contributed by atoms with Gasteiger partial charge in [0.25, 0.3) is 17.7 Å². The number of hydrogen-bond acceptors (Lipinski definition) is 3. The molecule has 0 amide bonds. The van der Waals surface area contributed by atoms with E-state index in [0.29, 0.717) is 0 Å². The normalized spacial score (nSPS) is 27.2. The third kappa shape index (κ3) is 5.34. The fourth-order valence-electron chi connectivity index (χ4n) is 0.442. The molecular formula is CH4Cl6N3P3. The van der Waals surface area contributed by atoms with E-state index in [1.165, 1.54) is 0 Å². The summed E-state index contributed by atoms with van der Waals surface area (Å²) in [4.78, 5) is 0. The second kappa shape index (κ2) is 4.74. The van der Waals surface area contributed by atoms with Crippen LogP contribution in [0.4, 0.5) is 0 Å². The van der Waals surface area contributed by atoms with Gasteiger partial charge in [0.2, 0.25) is 0 Å². The van der Waals surface area contributed by atoms with Gasteiger partial charge in [-0.25, -0.2) is 0 Å². The topological polar surface area (TPSA) is 37.1 Å². The quantitative estimate of drug-likeness (QED) is 0.392. The maximum Gasteiger partial charge on any atom is 0.257 e. The molecule has 0 bridgehead atoms. The number of rotatable bonds is 0. The predicted molar refractivity (Wildman–Crippen MR) is 69.9 cm³/mol. The van der Waals surface area contributed by atoms with E-state index in [0.717, 1.165) is 0 Å². The van der Waals surface area contributed by atoms with Crippen LogP contribution in [0, 0.1) is 0 Å². The van der Waals surface area contributed by atoms with Crippen LogP contribution in [0.3, 0.4) is 0 Å². The molecule has 1 aliphatic heterocycles. The number of nitrogens with zero attached hydrogens (tertiary/aromatic N) is 3. The van der Waals surface area contributed by atoms with Crippen molar-refractivity contribution in [3.05, 3.63) is 0 Å². The fourth-order valence-corrected chi connectivity index (χ4v) is 19.3. The van der Waals surface area contributed by atoms with Crippen molar-refractivity contribution >= 4 is 85.2 Å². The van der Waals surface area contributed by atoms with E-state index in [1.54, 1.807) is 0 Å². The van der Waals surface area contributed by atoms with E-state index in [-0.39, 0.29) is 7.43 Å². The van der Waals surface area contributed by atoms with Crippen molar-refractivity contribution in [3.8, 4) is 0 Å². The van der Waals surface area contributed by atoms with Gasteiger partial charge >= 0.3 is 0 Å². The lowest BCUT2D eigenvalue weighted by atomic mass is 12.0. The molecule has 0 aromatic carbocycles. The molecule has 1 aliphatic rings. The zero-order chi connectivity index (χ0) is 9.62. The minimum absolute atomic E-state index is 0. The van der Waals surface area contributed by atoms with Gasteiger partial charge in [0.15, 0.2) is 0 Å². The molecule has 0 atom stereocenters. The van der Waals surface area contributed by atoms with Crippen LogP contribution >= 0.6 is 85.2 Å². The average Bonchev–Trinajstić information content (AvgIpc) is 1.44. The second-order valence-corrected chi connectivity index (χ2v) is 16.6. The third-order valence-corrected chi connectivity index (χ3v) is 13.1. The van der Waals surface area contributed by atoms with Gasteiger partial charge in [0.1, 0.15) is 0 Å². The monoisotopic (exact) mass is 361 g/mol. The summed E-state index contributed by atoms with van der Waals surface area (Å²) in [6.45, 7) is 0. The van der Waals surface area contributed by atoms with E-state index < -0.39 is 17.7 Å². The summed E-state index contributed by atoms with van der Waals surface area (Å²) in [6.07, 6.45) is 0. The van der Waals surface area contributed by atoms with E-state index in [9.17, 15) is 0 Å². The molecule has 0 unspecified atom stereocenters. The van der Waals surface area contributed by atoms with Crippen molar-refractivity contribution in [1.82, 2.24) is 0 Å². The van der Waals surface area contributed by atoms with Crippen LogP contribution in [0.2, 0.25) is 0 Å². The van der Waals surface area contributed by atoms with Crippen LogP contribution in [0.25, 0.3) is 0 Å². The van der Waals surface area contributed by atoms with Crippen LogP contribution in [-0.4, -0.2) is 0 Å². The molecule has 13 heavy (non-hydrogen) atoms. The van der Waals surface area contributed by atoms with Gasteiger partial charge < -0.3 is 0 Å². The van der Waals surface area contributed by atoms with Crippen LogP contribution in [0.5, 0.6) is 0 Å². The Bertz CT molecular complexity index is 280. The number of halogens is 6. The molecule has 0 saturated heterocycles. The zero-order valence-electron chi connectivity index (χ0n) is 4.95. The van der Waals surface area contributed by atoms with Crippen molar-refractivity contribution in [1.29, 1.82) is 0 Å². The molecule has 0 aromatic rings. The number of hydrogen-bond donors (Lipinski definition) is 0. The smallest absolute Gasteiger partial charge is 0.185 e. The summed E-state index contributed by atoms with van der Waals surface area (Å²) in [5, 5.41) is 0. The van der Waals surface area contributed by atoms with E-state index in [4.69, 9.17) is 67.4 Å². The summed E-state index contributed by atoms with van der Waals surface area (Å²) < 4.78 is 11.0. The van der Waals surface area contributed by atoms with Crippen molar-refractivity contribution in [2.45, 2.75) is 7.43 Å². The summed E-state index contributed by atoms with van der Waals surface area (Å²) in [5.41, 5.74) is 0. The van der Waals surface area contributed by atoms with Crippen molar-refractivity contribution in [3.63, 3.8) is 0 Å². The van der Waals surface area contributed by atoms with Crippen LogP contribution in [0.15, 0.2) is 13.5 Å². The Morgan fingerprint density at radius 2 is 0.692 bits per heavy atom. The standard InChI is InChI=1S/CH4.Cl6N3P3/c;1-10(2)7-11(3,4)9-12(5,6)8-10/h1H4;. The maximum absolute atomic E-state index is 5.64. The summed E-state index contributed by atoms with van der Waals surface area (Å²) in [5.74, 6) is -8.72. The van der Waals surface area contributed by atoms with Gasteiger partial charge in [-0.1, -0.05) is 7.43 Å². The van der Waals surface area contributed by atoms with Gasteiger partial charge in [0, 0.05) is 0 Å². The van der Waals surface area contributed by atoms with E-state index in [2.05, 4.69) is 13.5 Å². The van der Waals surface area contributed by atoms with Gasteiger partial charge in [-0.15, -0.1) is 0 Å². The molecular weight excluding hydrogens is 360 g/mol. The van der Waals surface area contributed by atoms with Crippen LogP contribution in [-0.2, 0) is 0 Å². The molecule has 0 N–H and O–H groups in total. The lowest BCUT2D eigenvalue weighted by Crippen LogP contribution is -1.62. The van der Waals surface area contributed by atoms with Gasteiger partial charge in [0.05, 0.1) is 0 Å². The molecule has 12 heteroatoms. The minimum Gasteiger partial charge on any atom is -0.185 e. The van der Waals surface area contributed by atoms with Gasteiger partial charge in [-0.2, -0.15) is 13.5 Å². The largest absolute Gasteiger partial charge is 0.257 e. The highest BCUT2D eigenvalue weighted by Crippen LogP contribution is 2.87. The zero-order valence-corrected chi connectivity index (χ0v) is 12.2. The first-order valence-corrected chi connectivity index (χ1v) is 12.7. The first kappa shape index (κ1) is 15.4. The lowest BCUT2D eigenvalue weighted by Gasteiger charge is -2.16. The lowest BCUT2D eigenvalue weighted by molar-refractivity contribution is 1.80. The Balaban J connectivity index is 0.00000144. The Kier molecular flexibility index (Phi) is 5.63. The Morgan fingerprint density at radius 3 is 0.846 bits per heavy atom. The average molecular weight is 364 g/mol. The fraction of sp³-hybridized carbons (Fsp3) is 1.00. The summed E-state index contributed by atoms with van der Waals surface area (Å²) in [6, 6.07) is 0.